The molecule has 0 aliphatic carbocycles. The molecule has 0 bridgehead atoms. The Morgan fingerprint density at radius 2 is 2.12 bits per heavy atom. The molecule has 1 aliphatic heterocycles. The highest BCUT2D eigenvalue weighted by Crippen LogP contribution is 2.26. The van der Waals surface area contributed by atoms with Crippen molar-refractivity contribution in [2.75, 3.05) is 33.4 Å². The van der Waals surface area contributed by atoms with Crippen molar-refractivity contribution in [2.24, 2.45) is 0 Å². The minimum Gasteiger partial charge on any atom is -0.494 e. The van der Waals surface area contributed by atoms with Crippen LogP contribution in [0.4, 0.5) is 0 Å². The van der Waals surface area contributed by atoms with Crippen molar-refractivity contribution < 1.29 is 14.3 Å². The largest absolute Gasteiger partial charge is 0.494 e. The van der Waals surface area contributed by atoms with Crippen LogP contribution in [0.5, 0.6) is 5.75 Å². The molecule has 1 aliphatic rings. The van der Waals surface area contributed by atoms with E-state index in [4.69, 9.17) is 9.47 Å². The van der Waals surface area contributed by atoms with Crippen LogP contribution in [0.15, 0.2) is 36.5 Å². The lowest BCUT2D eigenvalue weighted by atomic mass is 10.2. The molecular formula is C24H31N5O3. The Morgan fingerprint density at radius 1 is 1.22 bits per heavy atom. The Kier molecular flexibility index (Phi) is 7.47. The van der Waals surface area contributed by atoms with Gasteiger partial charge in [-0.05, 0) is 49.6 Å². The van der Waals surface area contributed by atoms with Crippen molar-refractivity contribution in [3.8, 4) is 17.1 Å². The summed E-state index contributed by atoms with van der Waals surface area (Å²) in [5.74, 6) is 0.823. The summed E-state index contributed by atoms with van der Waals surface area (Å²) in [6.45, 7) is 2.54. The molecule has 8 heteroatoms. The van der Waals surface area contributed by atoms with Crippen molar-refractivity contribution >= 4 is 18.1 Å². The van der Waals surface area contributed by atoms with Crippen molar-refractivity contribution in [3.05, 3.63) is 52.9 Å². The maximum atomic E-state index is 12.0. The number of morpholine rings is 1. The van der Waals surface area contributed by atoms with E-state index in [1.165, 1.54) is 0 Å². The summed E-state index contributed by atoms with van der Waals surface area (Å²) in [6.07, 6.45) is 9.03. The Balaban J connectivity index is 1.28. The van der Waals surface area contributed by atoms with Crippen LogP contribution < -0.4 is 26.1 Å². The molecule has 1 unspecified atom stereocenters. The lowest BCUT2D eigenvalue weighted by Crippen LogP contribution is -2.51. The quantitative estimate of drug-likeness (QED) is 0.325. The molecule has 0 radical (unpaired) electrons. The van der Waals surface area contributed by atoms with Crippen LogP contribution in [0.1, 0.15) is 25.0 Å². The van der Waals surface area contributed by atoms with Crippen molar-refractivity contribution in [2.45, 2.75) is 25.3 Å². The van der Waals surface area contributed by atoms with Crippen molar-refractivity contribution in [1.29, 1.82) is 0 Å². The SMILES string of the molecule is COc1cc(-c2ccc[nH]2)[nH]c1C=c1ccc(=CCCCCNC(=O)C2COCCN2)[nH]1. The summed E-state index contributed by atoms with van der Waals surface area (Å²) in [7, 11) is 1.68. The fourth-order valence-corrected chi connectivity index (χ4v) is 3.75. The topological polar surface area (TPSA) is 107 Å². The molecule has 5 N–H and O–H groups in total. The molecule has 4 heterocycles. The first-order valence-electron chi connectivity index (χ1n) is 11.1. The van der Waals surface area contributed by atoms with Crippen LogP contribution in [-0.2, 0) is 9.53 Å². The van der Waals surface area contributed by atoms with Gasteiger partial charge in [0.1, 0.15) is 11.8 Å². The van der Waals surface area contributed by atoms with Crippen LogP contribution in [0, 0.1) is 0 Å². The number of carbonyl (C=O) groups excluding carboxylic acids is 1. The molecule has 1 atom stereocenters. The fraction of sp³-hybridized carbons (Fsp3) is 0.375. The molecule has 3 aromatic heterocycles. The highest BCUT2D eigenvalue weighted by Gasteiger charge is 2.20. The van der Waals surface area contributed by atoms with Gasteiger partial charge in [0.25, 0.3) is 0 Å². The number of H-pyrrole nitrogens is 3. The highest BCUT2D eigenvalue weighted by atomic mass is 16.5. The maximum Gasteiger partial charge on any atom is 0.239 e. The molecule has 1 amide bonds. The van der Waals surface area contributed by atoms with E-state index < -0.39 is 0 Å². The molecule has 32 heavy (non-hydrogen) atoms. The van der Waals surface area contributed by atoms with E-state index in [-0.39, 0.29) is 11.9 Å². The van der Waals surface area contributed by atoms with E-state index in [2.05, 4.69) is 43.8 Å². The van der Waals surface area contributed by atoms with Gasteiger partial charge in [0.15, 0.2) is 0 Å². The number of methoxy groups -OCH3 is 1. The standard InChI is InChI=1S/C24H31N5O3/c1-31-23-15-20(19-7-5-11-25-19)29-21(23)14-18-9-8-17(28-18)6-3-2-4-10-27-24(30)22-16-32-13-12-26-22/h5-9,11,14-15,22,25-26,28-29H,2-4,10,12-13,16H2,1H3,(H,27,30). The van der Waals surface area contributed by atoms with E-state index in [9.17, 15) is 4.79 Å². The van der Waals surface area contributed by atoms with Gasteiger partial charge in [0, 0.05) is 36.1 Å². The highest BCUT2D eigenvalue weighted by molar-refractivity contribution is 5.81. The molecular weight excluding hydrogens is 406 g/mol. The van der Waals surface area contributed by atoms with E-state index in [1.807, 2.05) is 30.5 Å². The van der Waals surface area contributed by atoms with Gasteiger partial charge in [-0.15, -0.1) is 0 Å². The number of hydrogen-bond acceptors (Lipinski definition) is 4. The van der Waals surface area contributed by atoms with E-state index in [1.54, 1.807) is 7.11 Å². The molecule has 8 nitrogen and oxygen atoms in total. The lowest BCUT2D eigenvalue weighted by molar-refractivity contribution is -0.125. The average Bonchev–Trinajstić information content (AvgIpc) is 3.58. The Morgan fingerprint density at radius 3 is 2.91 bits per heavy atom. The second kappa shape index (κ2) is 10.9. The third-order valence-corrected chi connectivity index (χ3v) is 5.48. The number of amides is 1. The van der Waals surface area contributed by atoms with Crippen LogP contribution >= 0.6 is 0 Å². The number of ether oxygens (including phenoxy) is 2. The predicted molar refractivity (Wildman–Crippen MR) is 125 cm³/mol. The first-order chi connectivity index (χ1) is 15.7. The number of unbranched alkanes of at least 4 members (excludes halogenated alkanes) is 2. The summed E-state index contributed by atoms with van der Waals surface area (Å²) < 4.78 is 10.8. The number of carbonyl (C=O) groups is 1. The molecule has 1 saturated heterocycles. The first kappa shape index (κ1) is 22.0. The summed E-state index contributed by atoms with van der Waals surface area (Å²) in [4.78, 5) is 22.1. The lowest BCUT2D eigenvalue weighted by Gasteiger charge is -2.22. The molecule has 170 valence electrons. The number of hydrogen-bond donors (Lipinski definition) is 5. The third-order valence-electron chi connectivity index (χ3n) is 5.48. The minimum absolute atomic E-state index is 0.0254. The van der Waals surface area contributed by atoms with Crippen LogP contribution in [0.2, 0.25) is 0 Å². The number of aromatic amines is 3. The Bertz CT molecular complexity index is 1110. The van der Waals surface area contributed by atoms with Crippen LogP contribution in [0.25, 0.3) is 23.5 Å². The first-order valence-corrected chi connectivity index (χ1v) is 11.1. The van der Waals surface area contributed by atoms with Gasteiger partial charge in [0.05, 0.1) is 37.4 Å². The van der Waals surface area contributed by atoms with E-state index >= 15 is 0 Å². The summed E-state index contributed by atoms with van der Waals surface area (Å²) >= 11 is 0. The second-order valence-electron chi connectivity index (χ2n) is 7.83. The molecule has 1 fully saturated rings. The van der Waals surface area contributed by atoms with Crippen LogP contribution in [0.3, 0.4) is 0 Å². The van der Waals surface area contributed by atoms with Gasteiger partial charge in [-0.2, -0.15) is 0 Å². The number of nitrogens with one attached hydrogen (secondary N) is 5. The molecule has 0 aromatic carbocycles. The zero-order valence-electron chi connectivity index (χ0n) is 18.4. The normalized spacial score (nSPS) is 17.6. The minimum atomic E-state index is -0.221. The molecule has 0 saturated carbocycles. The van der Waals surface area contributed by atoms with E-state index in [0.29, 0.717) is 19.8 Å². The Hall–Kier alpha value is -3.23. The van der Waals surface area contributed by atoms with Gasteiger partial charge in [-0.1, -0.05) is 6.08 Å². The monoisotopic (exact) mass is 437 g/mol. The zero-order valence-corrected chi connectivity index (χ0v) is 18.4. The number of aromatic nitrogens is 3. The summed E-state index contributed by atoms with van der Waals surface area (Å²) in [6, 6.07) is 9.88. The number of rotatable bonds is 9. The van der Waals surface area contributed by atoms with Gasteiger partial charge >= 0.3 is 0 Å². The van der Waals surface area contributed by atoms with Gasteiger partial charge in [0.2, 0.25) is 5.91 Å². The van der Waals surface area contributed by atoms with Gasteiger partial charge in [-0.25, -0.2) is 0 Å². The van der Waals surface area contributed by atoms with Gasteiger partial charge < -0.3 is 35.1 Å². The zero-order chi connectivity index (χ0) is 22.2. The second-order valence-corrected chi connectivity index (χ2v) is 7.83. The Labute approximate surface area is 187 Å². The fourth-order valence-electron chi connectivity index (χ4n) is 3.75. The molecule has 4 rings (SSSR count). The summed E-state index contributed by atoms with van der Waals surface area (Å²) in [5.41, 5.74) is 2.91. The molecule has 3 aromatic rings. The third kappa shape index (κ3) is 5.72. The molecule has 0 spiro atoms. The maximum absolute atomic E-state index is 12.0. The average molecular weight is 438 g/mol. The predicted octanol–water partition coefficient (Wildman–Crippen LogP) is 1.23. The van der Waals surface area contributed by atoms with Gasteiger partial charge in [-0.3, -0.25) is 4.79 Å². The van der Waals surface area contributed by atoms with E-state index in [0.717, 1.165) is 59.3 Å². The van der Waals surface area contributed by atoms with Crippen molar-refractivity contribution in [3.63, 3.8) is 0 Å². The van der Waals surface area contributed by atoms with Crippen molar-refractivity contribution in [1.82, 2.24) is 25.6 Å². The van der Waals surface area contributed by atoms with Crippen LogP contribution in [-0.4, -0.2) is 60.3 Å². The smallest absolute Gasteiger partial charge is 0.239 e. The summed E-state index contributed by atoms with van der Waals surface area (Å²) in [5, 5.41) is 8.23.